The molecule has 2 N–H and O–H groups in total. The van der Waals surface area contributed by atoms with E-state index in [2.05, 4.69) is 10.5 Å². The van der Waals surface area contributed by atoms with E-state index in [-0.39, 0.29) is 22.9 Å². The van der Waals surface area contributed by atoms with Gasteiger partial charge in [-0.3, -0.25) is 4.79 Å². The number of ether oxygens (including phenoxy) is 1. The van der Waals surface area contributed by atoms with E-state index in [1.807, 2.05) is 22.6 Å². The maximum Gasteiger partial charge on any atom is 0.258 e. The van der Waals surface area contributed by atoms with Gasteiger partial charge in [-0.2, -0.15) is 9.41 Å². The van der Waals surface area contributed by atoms with Crippen molar-refractivity contribution in [3.05, 3.63) is 50.6 Å². The SMILES string of the molecule is COc1cc(/C=N\NC(=O)[C@H]2CCCN2S(=O)(=O)c2ccc(Cl)cc2)cc(I)c1O. The second-order valence-corrected chi connectivity index (χ2v) is 10.0. The van der Waals surface area contributed by atoms with Crippen LogP contribution in [0.3, 0.4) is 0 Å². The molecular formula is C19H19ClIN3O5S. The highest BCUT2D eigenvalue weighted by Gasteiger charge is 2.39. The maximum atomic E-state index is 12.9. The molecule has 1 aliphatic heterocycles. The van der Waals surface area contributed by atoms with Crippen molar-refractivity contribution in [3.63, 3.8) is 0 Å². The third kappa shape index (κ3) is 4.88. The molecule has 0 radical (unpaired) electrons. The largest absolute Gasteiger partial charge is 0.504 e. The average molecular weight is 564 g/mol. The number of carbonyl (C=O) groups excluding carboxylic acids is 1. The van der Waals surface area contributed by atoms with Gasteiger partial charge < -0.3 is 9.84 Å². The number of benzene rings is 2. The van der Waals surface area contributed by atoms with Gasteiger partial charge in [0.25, 0.3) is 5.91 Å². The number of phenolic OH excluding ortho intramolecular Hbond substituents is 1. The van der Waals surface area contributed by atoms with Crippen molar-refractivity contribution in [3.8, 4) is 11.5 Å². The van der Waals surface area contributed by atoms with E-state index in [0.29, 0.717) is 27.0 Å². The summed E-state index contributed by atoms with van der Waals surface area (Å²) in [5.74, 6) is -0.208. The smallest absolute Gasteiger partial charge is 0.258 e. The molecule has 30 heavy (non-hydrogen) atoms. The zero-order chi connectivity index (χ0) is 21.9. The fraction of sp³-hybridized carbons (Fsp3) is 0.263. The van der Waals surface area contributed by atoms with Gasteiger partial charge >= 0.3 is 0 Å². The molecule has 1 fully saturated rings. The summed E-state index contributed by atoms with van der Waals surface area (Å²) in [7, 11) is -2.40. The Balaban J connectivity index is 1.73. The highest BCUT2D eigenvalue weighted by molar-refractivity contribution is 14.1. The van der Waals surface area contributed by atoms with E-state index in [1.54, 1.807) is 12.1 Å². The van der Waals surface area contributed by atoms with Crippen LogP contribution in [0.1, 0.15) is 18.4 Å². The number of phenols is 1. The van der Waals surface area contributed by atoms with Gasteiger partial charge in [0.1, 0.15) is 6.04 Å². The van der Waals surface area contributed by atoms with Gasteiger partial charge in [0.05, 0.1) is 21.8 Å². The zero-order valence-electron chi connectivity index (χ0n) is 15.9. The van der Waals surface area contributed by atoms with Crippen molar-refractivity contribution in [2.24, 2.45) is 5.10 Å². The molecule has 11 heteroatoms. The Morgan fingerprint density at radius 2 is 2.07 bits per heavy atom. The van der Waals surface area contributed by atoms with Crippen LogP contribution in [-0.4, -0.2) is 49.6 Å². The molecule has 1 heterocycles. The van der Waals surface area contributed by atoms with Gasteiger partial charge in [-0.05, 0) is 77.4 Å². The van der Waals surface area contributed by atoms with Crippen LogP contribution in [0.2, 0.25) is 5.02 Å². The monoisotopic (exact) mass is 563 g/mol. The molecule has 8 nitrogen and oxygen atoms in total. The fourth-order valence-electron chi connectivity index (χ4n) is 3.10. The fourth-order valence-corrected chi connectivity index (χ4v) is 5.51. The van der Waals surface area contributed by atoms with Crippen LogP contribution < -0.4 is 10.2 Å². The first-order chi connectivity index (χ1) is 14.2. The molecule has 0 unspecified atom stereocenters. The van der Waals surface area contributed by atoms with E-state index >= 15 is 0 Å². The number of carbonyl (C=O) groups is 1. The molecule has 0 bridgehead atoms. The molecule has 0 spiro atoms. The predicted molar refractivity (Wildman–Crippen MR) is 121 cm³/mol. The van der Waals surface area contributed by atoms with Crippen LogP contribution in [0, 0.1) is 3.57 Å². The van der Waals surface area contributed by atoms with E-state index in [1.165, 1.54) is 41.9 Å². The highest BCUT2D eigenvalue weighted by Crippen LogP contribution is 2.32. The summed E-state index contributed by atoms with van der Waals surface area (Å²) in [6.45, 7) is 0.250. The van der Waals surface area contributed by atoms with Gasteiger partial charge in [0.2, 0.25) is 10.0 Å². The summed E-state index contributed by atoms with van der Waals surface area (Å²) >= 11 is 7.79. The summed E-state index contributed by atoms with van der Waals surface area (Å²) in [5, 5.41) is 14.2. The lowest BCUT2D eigenvalue weighted by Crippen LogP contribution is -2.44. The number of hydrazone groups is 1. The molecule has 1 atom stereocenters. The molecule has 1 aliphatic rings. The number of nitrogens with zero attached hydrogens (tertiary/aromatic N) is 2. The van der Waals surface area contributed by atoms with Gasteiger partial charge in [-0.25, -0.2) is 13.8 Å². The first-order valence-corrected chi connectivity index (χ1v) is 11.8. The summed E-state index contributed by atoms with van der Waals surface area (Å²) in [4.78, 5) is 12.7. The van der Waals surface area contributed by atoms with Crippen LogP contribution in [0.15, 0.2) is 46.4 Å². The Hall–Kier alpha value is -1.89. The number of sulfonamides is 1. The minimum atomic E-state index is -3.83. The quantitative estimate of drug-likeness (QED) is 0.319. The minimum Gasteiger partial charge on any atom is -0.504 e. The number of methoxy groups -OCH3 is 1. The van der Waals surface area contributed by atoms with Crippen molar-refractivity contribution >= 4 is 56.3 Å². The van der Waals surface area contributed by atoms with Gasteiger partial charge in [-0.15, -0.1) is 0 Å². The number of hydrogen-bond donors (Lipinski definition) is 2. The van der Waals surface area contributed by atoms with E-state index in [9.17, 15) is 18.3 Å². The first-order valence-electron chi connectivity index (χ1n) is 8.91. The second kappa shape index (κ2) is 9.50. The Morgan fingerprint density at radius 1 is 1.37 bits per heavy atom. The summed E-state index contributed by atoms with van der Waals surface area (Å²) < 4.78 is 32.7. The predicted octanol–water partition coefficient (Wildman–Crippen LogP) is 2.96. The molecule has 2 aromatic rings. The number of rotatable bonds is 6. The third-order valence-corrected chi connectivity index (χ3v) is 7.58. The van der Waals surface area contributed by atoms with Crippen LogP contribution in [0.4, 0.5) is 0 Å². The number of hydrogen-bond acceptors (Lipinski definition) is 6. The lowest BCUT2D eigenvalue weighted by atomic mass is 10.2. The Labute approximate surface area is 193 Å². The third-order valence-electron chi connectivity index (χ3n) is 4.59. The summed E-state index contributed by atoms with van der Waals surface area (Å²) in [5.41, 5.74) is 3.01. The lowest BCUT2D eigenvalue weighted by Gasteiger charge is -2.22. The lowest BCUT2D eigenvalue weighted by molar-refractivity contribution is -0.124. The van der Waals surface area contributed by atoms with E-state index in [0.717, 1.165) is 0 Å². The van der Waals surface area contributed by atoms with Gasteiger partial charge in [0, 0.05) is 11.6 Å². The van der Waals surface area contributed by atoms with Crippen molar-refractivity contribution in [2.75, 3.05) is 13.7 Å². The molecule has 0 aliphatic carbocycles. The normalized spacial score (nSPS) is 17.4. The van der Waals surface area contributed by atoms with E-state index in [4.69, 9.17) is 16.3 Å². The van der Waals surface area contributed by atoms with Gasteiger partial charge in [-0.1, -0.05) is 11.6 Å². The zero-order valence-corrected chi connectivity index (χ0v) is 19.6. The molecule has 160 valence electrons. The maximum absolute atomic E-state index is 12.9. The number of nitrogens with one attached hydrogen (secondary N) is 1. The number of halogens is 2. The van der Waals surface area contributed by atoms with Gasteiger partial charge in [0.15, 0.2) is 11.5 Å². The Bertz CT molecular complexity index is 1080. The molecule has 1 amide bonds. The second-order valence-electron chi connectivity index (χ2n) is 6.52. The standard InChI is InChI=1S/C19H19ClIN3O5S/c1-29-17-10-12(9-15(21)18(17)25)11-22-23-19(26)16-3-2-8-24(16)30(27,28)14-6-4-13(20)5-7-14/h4-7,9-11,16,25H,2-3,8H2,1H3,(H,23,26)/b22-11-/t16-/m1/s1. The molecular weight excluding hydrogens is 545 g/mol. The van der Waals surface area contributed by atoms with Crippen LogP contribution in [-0.2, 0) is 14.8 Å². The van der Waals surface area contributed by atoms with Crippen molar-refractivity contribution in [1.82, 2.24) is 9.73 Å². The molecule has 1 saturated heterocycles. The highest BCUT2D eigenvalue weighted by atomic mass is 127. The number of aromatic hydroxyl groups is 1. The Morgan fingerprint density at radius 3 is 2.73 bits per heavy atom. The summed E-state index contributed by atoms with van der Waals surface area (Å²) in [6, 6.07) is 8.22. The van der Waals surface area contributed by atoms with Crippen LogP contribution >= 0.6 is 34.2 Å². The molecule has 2 aromatic carbocycles. The molecule has 0 aromatic heterocycles. The Kier molecular flexibility index (Phi) is 7.22. The topological polar surface area (TPSA) is 108 Å². The van der Waals surface area contributed by atoms with Crippen molar-refractivity contribution in [2.45, 2.75) is 23.8 Å². The molecule has 3 rings (SSSR count). The van der Waals surface area contributed by atoms with Crippen LogP contribution in [0.5, 0.6) is 11.5 Å². The van der Waals surface area contributed by atoms with Crippen molar-refractivity contribution in [1.29, 1.82) is 0 Å². The summed E-state index contributed by atoms with van der Waals surface area (Å²) in [6.07, 6.45) is 2.37. The van der Waals surface area contributed by atoms with Crippen LogP contribution in [0.25, 0.3) is 0 Å². The van der Waals surface area contributed by atoms with Crippen molar-refractivity contribution < 1.29 is 23.1 Å². The number of amides is 1. The molecule has 0 saturated carbocycles. The average Bonchev–Trinajstić information content (AvgIpc) is 3.21. The minimum absolute atomic E-state index is 0.0216. The van der Waals surface area contributed by atoms with E-state index < -0.39 is 22.0 Å². The first kappa shape index (κ1) is 22.8.